The smallest absolute Gasteiger partial charge is 0.269 e. The SMILES string of the molecule is COc1ccc(N(Cc2c(OC)cc(OCCCCC(N)=O)cc2OC)C(=O)c2ccc([N+](=O)[O-])cc2)cc1. The molecule has 3 aromatic rings. The van der Waals surface area contributed by atoms with Crippen molar-refractivity contribution < 1.29 is 33.5 Å². The lowest BCUT2D eigenvalue weighted by molar-refractivity contribution is -0.384. The van der Waals surface area contributed by atoms with Crippen LogP contribution in [0.5, 0.6) is 23.0 Å². The van der Waals surface area contributed by atoms with Gasteiger partial charge in [0.15, 0.2) is 0 Å². The molecule has 0 aliphatic carbocycles. The highest BCUT2D eigenvalue weighted by Gasteiger charge is 2.24. The van der Waals surface area contributed by atoms with Crippen LogP contribution < -0.4 is 29.6 Å². The molecule has 3 rings (SSSR count). The van der Waals surface area contributed by atoms with Crippen molar-refractivity contribution in [2.45, 2.75) is 25.8 Å². The number of nitro groups is 1. The zero-order valence-electron chi connectivity index (χ0n) is 22.0. The van der Waals surface area contributed by atoms with Crippen molar-refractivity contribution in [2.24, 2.45) is 5.73 Å². The van der Waals surface area contributed by atoms with Crippen LogP contribution in [0.15, 0.2) is 60.7 Å². The molecule has 11 nitrogen and oxygen atoms in total. The fourth-order valence-corrected chi connectivity index (χ4v) is 3.87. The predicted molar refractivity (Wildman–Crippen MR) is 145 cm³/mol. The third-order valence-corrected chi connectivity index (χ3v) is 5.94. The molecule has 0 saturated heterocycles. The molecular weight excluding hydrogens is 506 g/mol. The summed E-state index contributed by atoms with van der Waals surface area (Å²) in [5.74, 6) is 1.27. The maximum Gasteiger partial charge on any atom is 0.269 e. The Morgan fingerprint density at radius 1 is 0.872 bits per heavy atom. The number of nitrogens with two attached hydrogens (primary N) is 1. The van der Waals surface area contributed by atoms with E-state index < -0.39 is 4.92 Å². The number of methoxy groups -OCH3 is 3. The van der Waals surface area contributed by atoms with E-state index in [-0.39, 0.29) is 29.6 Å². The maximum atomic E-state index is 13.7. The monoisotopic (exact) mass is 537 g/mol. The predicted octanol–water partition coefficient (Wildman–Crippen LogP) is 4.50. The van der Waals surface area contributed by atoms with Gasteiger partial charge in [-0.2, -0.15) is 0 Å². The molecule has 39 heavy (non-hydrogen) atoms. The minimum atomic E-state index is -0.521. The van der Waals surface area contributed by atoms with E-state index in [1.54, 1.807) is 43.5 Å². The first-order chi connectivity index (χ1) is 18.8. The van der Waals surface area contributed by atoms with Crippen LogP contribution in [0, 0.1) is 10.1 Å². The second-order valence-corrected chi connectivity index (χ2v) is 8.47. The van der Waals surface area contributed by atoms with Gasteiger partial charge in [-0.15, -0.1) is 0 Å². The number of nitrogens with zero attached hydrogens (tertiary/aromatic N) is 2. The molecule has 0 saturated carbocycles. The first-order valence-electron chi connectivity index (χ1n) is 12.1. The Balaban J connectivity index is 1.94. The van der Waals surface area contributed by atoms with Crippen LogP contribution in [0.4, 0.5) is 11.4 Å². The van der Waals surface area contributed by atoms with Crippen LogP contribution >= 0.6 is 0 Å². The van der Waals surface area contributed by atoms with Gasteiger partial charge in [-0.3, -0.25) is 19.7 Å². The molecular formula is C28H31N3O8. The number of carbonyl (C=O) groups excluding carboxylic acids is 2. The lowest BCUT2D eigenvalue weighted by Gasteiger charge is -2.26. The minimum absolute atomic E-state index is 0.0629. The van der Waals surface area contributed by atoms with E-state index in [2.05, 4.69) is 0 Å². The van der Waals surface area contributed by atoms with Crippen molar-refractivity contribution in [3.63, 3.8) is 0 Å². The number of nitro benzene ring substituents is 1. The Kier molecular flexibility index (Phi) is 10.1. The van der Waals surface area contributed by atoms with Crippen molar-refractivity contribution in [1.82, 2.24) is 0 Å². The van der Waals surface area contributed by atoms with Crippen molar-refractivity contribution in [3.05, 3.63) is 81.9 Å². The zero-order chi connectivity index (χ0) is 28.4. The number of non-ortho nitro benzene ring substituents is 1. The van der Waals surface area contributed by atoms with Crippen LogP contribution in [-0.2, 0) is 11.3 Å². The lowest BCUT2D eigenvalue weighted by atomic mass is 10.1. The molecule has 0 unspecified atom stereocenters. The first kappa shape index (κ1) is 28.8. The number of unbranched alkanes of at least 4 members (excludes halogenated alkanes) is 1. The van der Waals surface area contributed by atoms with Crippen molar-refractivity contribution in [2.75, 3.05) is 32.8 Å². The normalized spacial score (nSPS) is 10.4. The van der Waals surface area contributed by atoms with Crippen LogP contribution in [0.3, 0.4) is 0 Å². The summed E-state index contributed by atoms with van der Waals surface area (Å²) in [7, 11) is 4.56. The van der Waals surface area contributed by atoms with Crippen molar-refractivity contribution in [1.29, 1.82) is 0 Å². The molecule has 0 aliphatic heterocycles. The summed E-state index contributed by atoms with van der Waals surface area (Å²) in [4.78, 5) is 36.7. The summed E-state index contributed by atoms with van der Waals surface area (Å²) in [5.41, 5.74) is 6.49. The highest BCUT2D eigenvalue weighted by atomic mass is 16.6. The number of ether oxygens (including phenoxy) is 4. The van der Waals surface area contributed by atoms with Gasteiger partial charge >= 0.3 is 0 Å². The van der Waals surface area contributed by atoms with E-state index in [4.69, 9.17) is 24.7 Å². The number of amides is 2. The highest BCUT2D eigenvalue weighted by molar-refractivity contribution is 6.06. The number of anilines is 1. The first-order valence-corrected chi connectivity index (χ1v) is 12.1. The Labute approximate surface area is 226 Å². The molecule has 0 atom stereocenters. The van der Waals surface area contributed by atoms with Gasteiger partial charge in [-0.05, 0) is 49.2 Å². The molecule has 2 N–H and O–H groups in total. The summed E-state index contributed by atoms with van der Waals surface area (Å²) >= 11 is 0. The van der Waals surface area contributed by atoms with Crippen LogP contribution in [0.25, 0.3) is 0 Å². The van der Waals surface area contributed by atoms with Gasteiger partial charge in [0.1, 0.15) is 23.0 Å². The number of primary amides is 1. The number of benzene rings is 3. The topological polar surface area (TPSA) is 143 Å². The molecule has 2 amide bonds. The summed E-state index contributed by atoms with van der Waals surface area (Å²) < 4.78 is 22.3. The standard InChI is InChI=1S/C28H31N3O8/c1-36-22-13-11-20(12-14-22)30(28(33)19-7-9-21(10-8-19)31(34)35)18-24-25(37-2)16-23(17-26(24)38-3)39-15-5-4-6-27(29)32/h7-14,16-17H,4-6,15,18H2,1-3H3,(H2,29,32). The molecule has 0 fully saturated rings. The molecule has 0 heterocycles. The number of hydrogen-bond acceptors (Lipinski definition) is 8. The van der Waals surface area contributed by atoms with Gasteiger partial charge in [-0.1, -0.05) is 0 Å². The summed E-state index contributed by atoms with van der Waals surface area (Å²) in [6, 6.07) is 15.8. The van der Waals surface area contributed by atoms with Crippen LogP contribution in [-0.4, -0.2) is 44.7 Å². The minimum Gasteiger partial charge on any atom is -0.497 e. The van der Waals surface area contributed by atoms with E-state index in [1.165, 1.54) is 43.4 Å². The van der Waals surface area contributed by atoms with Crippen LogP contribution in [0.2, 0.25) is 0 Å². The lowest BCUT2D eigenvalue weighted by Crippen LogP contribution is -2.30. The Morgan fingerprint density at radius 2 is 1.49 bits per heavy atom. The molecule has 11 heteroatoms. The van der Waals surface area contributed by atoms with Gasteiger partial charge in [0.25, 0.3) is 11.6 Å². The third kappa shape index (κ3) is 7.60. The molecule has 0 radical (unpaired) electrons. The molecule has 0 aliphatic rings. The largest absolute Gasteiger partial charge is 0.497 e. The van der Waals surface area contributed by atoms with Gasteiger partial charge in [0.2, 0.25) is 5.91 Å². The summed E-state index contributed by atoms with van der Waals surface area (Å²) in [6.07, 6.45) is 1.55. The zero-order valence-corrected chi connectivity index (χ0v) is 22.0. The molecule has 0 spiro atoms. The Morgan fingerprint density at radius 3 is 2.00 bits per heavy atom. The fourth-order valence-electron chi connectivity index (χ4n) is 3.87. The molecule has 0 bridgehead atoms. The van der Waals surface area contributed by atoms with E-state index in [1.807, 2.05) is 0 Å². The second-order valence-electron chi connectivity index (χ2n) is 8.47. The fraction of sp³-hybridized carbons (Fsp3) is 0.286. The van der Waals surface area contributed by atoms with Gasteiger partial charge in [0.05, 0.1) is 45.0 Å². The maximum absolute atomic E-state index is 13.7. The van der Waals surface area contributed by atoms with Gasteiger partial charge in [-0.25, -0.2) is 0 Å². The molecule has 206 valence electrons. The number of carbonyl (C=O) groups is 2. The second kappa shape index (κ2) is 13.7. The van der Waals surface area contributed by atoms with Gasteiger partial charge < -0.3 is 29.6 Å². The van der Waals surface area contributed by atoms with E-state index in [9.17, 15) is 19.7 Å². The quantitative estimate of drug-likeness (QED) is 0.180. The molecule has 0 aromatic heterocycles. The van der Waals surface area contributed by atoms with Crippen LogP contribution in [0.1, 0.15) is 35.2 Å². The Hall–Kier alpha value is -4.80. The average Bonchev–Trinajstić information content (AvgIpc) is 2.95. The van der Waals surface area contributed by atoms with E-state index in [0.717, 1.165) is 0 Å². The van der Waals surface area contributed by atoms with Crippen molar-refractivity contribution >= 4 is 23.2 Å². The van der Waals surface area contributed by atoms with Gasteiger partial charge in [0, 0.05) is 41.9 Å². The summed E-state index contributed by atoms with van der Waals surface area (Å²) in [5, 5.41) is 11.1. The van der Waals surface area contributed by atoms with E-state index >= 15 is 0 Å². The Bertz CT molecular complexity index is 1270. The van der Waals surface area contributed by atoms with Crippen molar-refractivity contribution in [3.8, 4) is 23.0 Å². The average molecular weight is 538 g/mol. The molecule has 3 aromatic carbocycles. The number of rotatable bonds is 14. The highest BCUT2D eigenvalue weighted by Crippen LogP contribution is 2.37. The van der Waals surface area contributed by atoms with E-state index in [0.29, 0.717) is 60.1 Å². The summed E-state index contributed by atoms with van der Waals surface area (Å²) in [6.45, 7) is 0.433. The third-order valence-electron chi connectivity index (χ3n) is 5.94. The number of hydrogen-bond donors (Lipinski definition) is 1.